The number of rotatable bonds is 3. The maximum absolute atomic E-state index is 12.3. The number of carboxylic acids is 1. The van der Waals surface area contributed by atoms with Crippen molar-refractivity contribution < 1.29 is 27.8 Å². The van der Waals surface area contributed by atoms with Gasteiger partial charge in [-0.15, -0.1) is 13.2 Å². The van der Waals surface area contributed by atoms with Crippen molar-refractivity contribution in [2.75, 3.05) is 0 Å². The molecule has 1 aliphatic rings. The van der Waals surface area contributed by atoms with Gasteiger partial charge in [0.1, 0.15) is 0 Å². The van der Waals surface area contributed by atoms with E-state index in [9.17, 15) is 18.0 Å². The van der Waals surface area contributed by atoms with Crippen molar-refractivity contribution in [3.05, 3.63) is 54.1 Å². The number of carboxylic acid groups (broad SMARTS) is 1. The zero-order chi connectivity index (χ0) is 14.8. The van der Waals surface area contributed by atoms with Gasteiger partial charge in [0.25, 0.3) is 0 Å². The first kappa shape index (κ1) is 14.3. The maximum Gasteiger partial charge on any atom is 0.523 e. The molecule has 0 saturated carbocycles. The highest BCUT2D eigenvalue weighted by Crippen LogP contribution is 2.34. The lowest BCUT2D eigenvalue weighted by Crippen LogP contribution is -2.44. The van der Waals surface area contributed by atoms with Crippen LogP contribution in [-0.2, 0) is 9.53 Å². The van der Waals surface area contributed by atoms with Crippen LogP contribution in [0.1, 0.15) is 12.0 Å². The minimum absolute atomic E-state index is 0.386. The first-order valence-corrected chi connectivity index (χ1v) is 5.77. The second-order valence-corrected chi connectivity index (χ2v) is 4.31. The molecule has 1 atom stereocenters. The molecule has 0 aliphatic heterocycles. The van der Waals surface area contributed by atoms with E-state index in [1.165, 1.54) is 12.2 Å². The second-order valence-electron chi connectivity index (χ2n) is 4.31. The predicted molar refractivity (Wildman–Crippen MR) is 65.7 cm³/mol. The fraction of sp³-hybridized carbons (Fsp3) is 0.214. The van der Waals surface area contributed by atoms with Gasteiger partial charge in [0.05, 0.1) is 0 Å². The van der Waals surface area contributed by atoms with Crippen LogP contribution >= 0.6 is 0 Å². The van der Waals surface area contributed by atoms with Crippen LogP contribution in [0.5, 0.6) is 0 Å². The van der Waals surface area contributed by atoms with E-state index < -0.39 is 17.9 Å². The van der Waals surface area contributed by atoms with Gasteiger partial charge in [-0.05, 0) is 17.2 Å². The average molecular weight is 284 g/mol. The molecule has 20 heavy (non-hydrogen) atoms. The molecule has 1 aliphatic carbocycles. The maximum atomic E-state index is 12.3. The lowest BCUT2D eigenvalue weighted by Gasteiger charge is -2.28. The van der Waals surface area contributed by atoms with Gasteiger partial charge in [0, 0.05) is 6.42 Å². The molecule has 0 spiro atoms. The van der Waals surface area contributed by atoms with Gasteiger partial charge >= 0.3 is 12.3 Å². The largest absolute Gasteiger partial charge is 0.523 e. The van der Waals surface area contributed by atoms with Gasteiger partial charge in [-0.2, -0.15) is 0 Å². The van der Waals surface area contributed by atoms with Crippen molar-refractivity contribution in [2.45, 2.75) is 18.4 Å². The van der Waals surface area contributed by atoms with Gasteiger partial charge in [0.2, 0.25) is 0 Å². The summed E-state index contributed by atoms with van der Waals surface area (Å²) in [5, 5.41) is 9.00. The van der Waals surface area contributed by atoms with Crippen LogP contribution < -0.4 is 0 Å². The number of carbonyl (C=O) groups is 1. The predicted octanol–water partition coefficient (Wildman–Crippen LogP) is 3.39. The summed E-state index contributed by atoms with van der Waals surface area (Å²) in [7, 11) is 0. The lowest BCUT2D eigenvalue weighted by atomic mass is 9.89. The fourth-order valence-electron chi connectivity index (χ4n) is 1.95. The summed E-state index contributed by atoms with van der Waals surface area (Å²) in [6.07, 6.45) is -1.71. The molecule has 0 bridgehead atoms. The Labute approximate surface area is 113 Å². The van der Waals surface area contributed by atoms with Crippen LogP contribution in [0.4, 0.5) is 13.2 Å². The average Bonchev–Trinajstić information content (AvgIpc) is 2.38. The van der Waals surface area contributed by atoms with Gasteiger partial charge in [-0.3, -0.25) is 4.74 Å². The van der Waals surface area contributed by atoms with Crippen molar-refractivity contribution in [1.29, 1.82) is 0 Å². The smallest absolute Gasteiger partial charge is 0.479 e. The topological polar surface area (TPSA) is 46.5 Å². The van der Waals surface area contributed by atoms with Gasteiger partial charge in [-0.1, -0.05) is 42.5 Å². The SMILES string of the molecule is O=C(O)C1(OC(F)(F)F)C=CC(c2ccccc2)=CC1. The highest BCUT2D eigenvalue weighted by atomic mass is 19.4. The summed E-state index contributed by atoms with van der Waals surface area (Å²) >= 11 is 0. The van der Waals surface area contributed by atoms with Crippen molar-refractivity contribution in [1.82, 2.24) is 0 Å². The summed E-state index contributed by atoms with van der Waals surface area (Å²) in [4.78, 5) is 11.1. The Morgan fingerprint density at radius 2 is 1.90 bits per heavy atom. The molecule has 0 heterocycles. The number of halogens is 3. The van der Waals surface area contributed by atoms with Crippen molar-refractivity contribution in [3.8, 4) is 0 Å². The van der Waals surface area contributed by atoms with Crippen LogP contribution in [0.25, 0.3) is 5.57 Å². The zero-order valence-electron chi connectivity index (χ0n) is 10.2. The van der Waals surface area contributed by atoms with E-state index in [0.717, 1.165) is 11.6 Å². The monoisotopic (exact) mass is 284 g/mol. The van der Waals surface area contributed by atoms with Crippen LogP contribution in [0.15, 0.2) is 48.6 Å². The summed E-state index contributed by atoms with van der Waals surface area (Å²) < 4.78 is 40.8. The van der Waals surface area contributed by atoms with Crippen LogP contribution in [-0.4, -0.2) is 23.0 Å². The number of allylic oxidation sites excluding steroid dienone is 2. The minimum Gasteiger partial charge on any atom is -0.479 e. The van der Waals surface area contributed by atoms with E-state index in [0.29, 0.717) is 5.57 Å². The Morgan fingerprint density at radius 3 is 2.35 bits per heavy atom. The number of benzene rings is 1. The number of alkyl halides is 3. The van der Waals surface area contributed by atoms with E-state index >= 15 is 0 Å². The first-order valence-electron chi connectivity index (χ1n) is 5.77. The highest BCUT2D eigenvalue weighted by molar-refractivity contribution is 5.85. The third-order valence-electron chi connectivity index (χ3n) is 2.92. The Balaban J connectivity index is 2.25. The second kappa shape index (κ2) is 5.13. The van der Waals surface area contributed by atoms with Crippen molar-refractivity contribution in [3.63, 3.8) is 0 Å². The quantitative estimate of drug-likeness (QED) is 0.925. The summed E-state index contributed by atoms with van der Waals surface area (Å²) in [5.41, 5.74) is -0.931. The Kier molecular flexibility index (Phi) is 3.67. The molecule has 1 aromatic carbocycles. The molecule has 1 N–H and O–H groups in total. The van der Waals surface area contributed by atoms with E-state index in [-0.39, 0.29) is 6.42 Å². The molecule has 0 aromatic heterocycles. The lowest BCUT2D eigenvalue weighted by molar-refractivity contribution is -0.353. The Bertz CT molecular complexity index is 561. The summed E-state index contributed by atoms with van der Waals surface area (Å²) in [6, 6.07) is 8.96. The van der Waals surface area contributed by atoms with E-state index in [1.54, 1.807) is 24.3 Å². The molecule has 1 aromatic rings. The third-order valence-corrected chi connectivity index (χ3v) is 2.92. The molecule has 3 nitrogen and oxygen atoms in total. The molecule has 0 saturated heterocycles. The first-order chi connectivity index (χ1) is 9.32. The molecule has 1 unspecified atom stereocenters. The molecular weight excluding hydrogens is 273 g/mol. The number of hydrogen-bond donors (Lipinski definition) is 1. The number of ether oxygens (including phenoxy) is 1. The van der Waals surface area contributed by atoms with Crippen molar-refractivity contribution in [2.24, 2.45) is 0 Å². The normalized spacial score (nSPS) is 22.4. The number of hydrogen-bond acceptors (Lipinski definition) is 2. The molecule has 6 heteroatoms. The van der Waals surface area contributed by atoms with Crippen LogP contribution in [0, 0.1) is 0 Å². The molecular formula is C14H11F3O3. The Hall–Kier alpha value is -2.08. The van der Waals surface area contributed by atoms with Gasteiger partial charge < -0.3 is 5.11 Å². The van der Waals surface area contributed by atoms with E-state index in [1.807, 2.05) is 6.07 Å². The van der Waals surface area contributed by atoms with E-state index in [4.69, 9.17) is 5.11 Å². The molecule has 106 valence electrons. The third kappa shape index (κ3) is 3.08. The standard InChI is InChI=1S/C14H11F3O3/c15-14(16,17)20-13(12(18)19)8-6-11(7-9-13)10-4-2-1-3-5-10/h1-8H,9H2,(H,18,19). The zero-order valence-corrected chi connectivity index (χ0v) is 10.2. The molecule has 0 radical (unpaired) electrons. The summed E-state index contributed by atoms with van der Waals surface area (Å²) in [6.45, 7) is 0. The highest BCUT2D eigenvalue weighted by Gasteiger charge is 2.47. The number of aliphatic carboxylic acids is 1. The van der Waals surface area contributed by atoms with Crippen LogP contribution in [0.2, 0.25) is 0 Å². The fourth-order valence-corrected chi connectivity index (χ4v) is 1.95. The van der Waals surface area contributed by atoms with E-state index in [2.05, 4.69) is 4.74 Å². The molecule has 0 fully saturated rings. The van der Waals surface area contributed by atoms with Crippen LogP contribution in [0.3, 0.4) is 0 Å². The summed E-state index contributed by atoms with van der Waals surface area (Å²) in [5.74, 6) is -1.67. The molecule has 2 rings (SSSR count). The van der Waals surface area contributed by atoms with Gasteiger partial charge in [-0.25, -0.2) is 4.79 Å². The van der Waals surface area contributed by atoms with Crippen molar-refractivity contribution >= 4 is 11.5 Å². The minimum atomic E-state index is -5.01. The molecule has 0 amide bonds. The Morgan fingerprint density at radius 1 is 1.25 bits per heavy atom. The van der Waals surface area contributed by atoms with Gasteiger partial charge in [0.15, 0.2) is 5.60 Å².